The van der Waals surface area contributed by atoms with Crippen LogP contribution in [0.3, 0.4) is 0 Å². The minimum atomic E-state index is -5.12. The fraction of sp³-hybridized carbons (Fsp3) is 0.957. The Kier molecular flexibility index (Phi) is 14.8. The molecule has 0 saturated carbocycles. The molecular formula is C23H43NO13S2. The van der Waals surface area contributed by atoms with Gasteiger partial charge >= 0.3 is 10.4 Å². The van der Waals surface area contributed by atoms with E-state index in [4.69, 9.17) is 18.9 Å². The molecule has 14 nitrogen and oxygen atoms in total. The first-order valence-electron chi connectivity index (χ1n) is 13.2. The highest BCUT2D eigenvalue weighted by molar-refractivity contribution is 7.81. The second-order valence-corrected chi connectivity index (χ2v) is 11.3. The van der Waals surface area contributed by atoms with Crippen molar-refractivity contribution in [1.82, 2.24) is 5.32 Å². The van der Waals surface area contributed by atoms with Crippen LogP contribution in [0.4, 0.5) is 0 Å². The lowest BCUT2D eigenvalue weighted by Crippen LogP contribution is -2.68. The van der Waals surface area contributed by atoms with Crippen molar-refractivity contribution in [2.75, 3.05) is 19.0 Å². The molecule has 2 fully saturated rings. The first-order valence-corrected chi connectivity index (χ1v) is 15.2. The number of carbonyl (C=O) groups is 1. The van der Waals surface area contributed by atoms with Gasteiger partial charge in [0.05, 0.1) is 12.7 Å². The summed E-state index contributed by atoms with van der Waals surface area (Å²) in [7, 11) is -5.12. The number of rotatable bonds is 16. The number of hydrogen-bond donors (Lipinski definition) is 7. The summed E-state index contributed by atoms with van der Waals surface area (Å²) in [6.07, 6.45) is -5.91. The number of ether oxygens (including phenoxy) is 4. The third kappa shape index (κ3) is 10.9. The standard InChI is InChI=1S/C23H43NO13S2/c1-13-17(27)21(19(29)23(34-13)33-10-8-6-4-3-5-7-9-11-38)36-22-16(24-14(2)26)20(37-39(30,31)32)18(28)15(12-25)35-22/h13,15-23,25,27-29,38H,3-12H2,1-2H3,(H,24,26)(H,30,31,32)/t13-,15+,16+,17+,18+,19-,20+,21+,22-,23+/m0/s1. The van der Waals surface area contributed by atoms with E-state index in [0.29, 0.717) is 0 Å². The molecule has 0 aromatic rings. The number of unbranched alkanes of at least 4 members (excludes halogenated alkanes) is 6. The van der Waals surface area contributed by atoms with E-state index in [1.165, 1.54) is 6.92 Å². The van der Waals surface area contributed by atoms with Crippen molar-refractivity contribution in [3.63, 3.8) is 0 Å². The van der Waals surface area contributed by atoms with Crippen LogP contribution in [0.15, 0.2) is 0 Å². The van der Waals surface area contributed by atoms with Crippen molar-refractivity contribution in [3.8, 4) is 0 Å². The highest BCUT2D eigenvalue weighted by Gasteiger charge is 2.52. The molecule has 230 valence electrons. The maximum Gasteiger partial charge on any atom is 0.397 e. The van der Waals surface area contributed by atoms with Crippen LogP contribution in [0.25, 0.3) is 0 Å². The van der Waals surface area contributed by atoms with Crippen molar-refractivity contribution >= 4 is 28.9 Å². The molecule has 2 aliphatic heterocycles. The van der Waals surface area contributed by atoms with Crippen LogP contribution in [0, 0.1) is 0 Å². The highest BCUT2D eigenvalue weighted by atomic mass is 32.3. The summed E-state index contributed by atoms with van der Waals surface area (Å²) in [5.74, 6) is 0.194. The van der Waals surface area contributed by atoms with Gasteiger partial charge in [-0.1, -0.05) is 32.1 Å². The third-order valence-corrected chi connectivity index (χ3v) is 7.40. The van der Waals surface area contributed by atoms with Gasteiger partial charge < -0.3 is 44.7 Å². The van der Waals surface area contributed by atoms with Gasteiger partial charge in [0.15, 0.2) is 12.6 Å². The fourth-order valence-corrected chi connectivity index (χ4v) is 5.31. The summed E-state index contributed by atoms with van der Waals surface area (Å²) in [6.45, 7) is 2.10. The van der Waals surface area contributed by atoms with Gasteiger partial charge in [0.25, 0.3) is 0 Å². The van der Waals surface area contributed by atoms with Crippen molar-refractivity contribution in [1.29, 1.82) is 0 Å². The molecule has 0 radical (unpaired) electrons. The predicted molar refractivity (Wildman–Crippen MR) is 139 cm³/mol. The van der Waals surface area contributed by atoms with E-state index >= 15 is 0 Å². The molecule has 1 amide bonds. The molecule has 0 aromatic carbocycles. The number of hydrogen-bond acceptors (Lipinski definition) is 13. The monoisotopic (exact) mass is 605 g/mol. The van der Waals surface area contributed by atoms with Crippen LogP contribution in [0.2, 0.25) is 0 Å². The SMILES string of the molecule is CC(=O)N[C@H]1[C@H](O[C@H]2[C@H](O)[C@H](OCCCCCCCCCS)O[C@@H](C)[C@H]2O)O[C@H](CO)[C@@H](O)[C@@H]1OS(=O)(=O)O. The van der Waals surface area contributed by atoms with Gasteiger partial charge in [-0.25, -0.2) is 4.18 Å². The Bertz CT molecular complexity index is 835. The third-order valence-electron chi connectivity index (χ3n) is 6.61. The van der Waals surface area contributed by atoms with E-state index in [2.05, 4.69) is 22.1 Å². The Labute approximate surface area is 234 Å². The van der Waals surface area contributed by atoms with Crippen LogP contribution in [-0.4, -0.2) is 120 Å². The molecule has 2 rings (SSSR count). The molecule has 6 N–H and O–H groups in total. The van der Waals surface area contributed by atoms with Gasteiger partial charge in [-0.05, 0) is 25.5 Å². The maximum absolute atomic E-state index is 11.8. The molecule has 2 saturated heterocycles. The van der Waals surface area contributed by atoms with E-state index in [-0.39, 0.29) is 6.61 Å². The molecule has 0 aliphatic carbocycles. The van der Waals surface area contributed by atoms with Crippen LogP contribution in [-0.2, 0) is 38.3 Å². The summed E-state index contributed by atoms with van der Waals surface area (Å²) in [6, 6.07) is -1.54. The van der Waals surface area contributed by atoms with Crippen molar-refractivity contribution in [2.45, 2.75) is 120 Å². The smallest absolute Gasteiger partial charge is 0.394 e. The summed E-state index contributed by atoms with van der Waals surface area (Å²) in [4.78, 5) is 11.8. The molecule has 0 aromatic heterocycles. The van der Waals surface area contributed by atoms with E-state index in [0.717, 1.165) is 57.6 Å². The predicted octanol–water partition coefficient (Wildman–Crippen LogP) is -0.714. The lowest BCUT2D eigenvalue weighted by molar-refractivity contribution is -0.342. The van der Waals surface area contributed by atoms with Gasteiger partial charge in [-0.15, -0.1) is 0 Å². The van der Waals surface area contributed by atoms with Gasteiger partial charge in [0.2, 0.25) is 5.91 Å². The number of carbonyl (C=O) groups excluding carboxylic acids is 1. The lowest BCUT2D eigenvalue weighted by atomic mass is 9.95. The van der Waals surface area contributed by atoms with E-state index in [1.807, 2.05) is 0 Å². The average Bonchev–Trinajstić information content (AvgIpc) is 2.86. The van der Waals surface area contributed by atoms with Gasteiger partial charge in [0, 0.05) is 13.5 Å². The van der Waals surface area contributed by atoms with Gasteiger partial charge in [0.1, 0.15) is 42.7 Å². The minimum absolute atomic E-state index is 0.283. The average molecular weight is 606 g/mol. The molecule has 0 spiro atoms. The van der Waals surface area contributed by atoms with Gasteiger partial charge in [-0.2, -0.15) is 21.0 Å². The normalized spacial score (nSPS) is 35.6. The topological polar surface area (TPSA) is 211 Å². The maximum atomic E-state index is 11.8. The van der Waals surface area contributed by atoms with Crippen molar-refractivity contribution < 1.29 is 61.3 Å². The summed E-state index contributed by atoms with van der Waals surface area (Å²) in [5, 5.41) is 44.0. The lowest BCUT2D eigenvalue weighted by Gasteiger charge is -2.47. The van der Waals surface area contributed by atoms with Crippen LogP contribution < -0.4 is 5.32 Å². The summed E-state index contributed by atoms with van der Waals surface area (Å²) < 4.78 is 59.3. The summed E-state index contributed by atoms with van der Waals surface area (Å²) in [5.41, 5.74) is 0. The quantitative estimate of drug-likeness (QED) is 0.0659. The number of aliphatic hydroxyl groups excluding tert-OH is 4. The highest BCUT2D eigenvalue weighted by Crippen LogP contribution is 2.31. The Hall–Kier alpha value is -0.630. The number of aliphatic hydroxyl groups is 4. The zero-order valence-electron chi connectivity index (χ0n) is 22.2. The van der Waals surface area contributed by atoms with Crippen LogP contribution in [0.5, 0.6) is 0 Å². The Morgan fingerprint density at radius 3 is 2.10 bits per heavy atom. The van der Waals surface area contributed by atoms with Crippen LogP contribution in [0.1, 0.15) is 58.8 Å². The minimum Gasteiger partial charge on any atom is -0.394 e. The number of amides is 1. The van der Waals surface area contributed by atoms with E-state index in [9.17, 15) is 38.2 Å². The first-order chi connectivity index (χ1) is 18.4. The molecule has 39 heavy (non-hydrogen) atoms. The molecule has 0 bridgehead atoms. The zero-order chi connectivity index (χ0) is 29.2. The largest absolute Gasteiger partial charge is 0.397 e. The first kappa shape index (κ1) is 34.6. The zero-order valence-corrected chi connectivity index (χ0v) is 23.9. The number of thiol groups is 1. The molecule has 2 aliphatic rings. The molecular weight excluding hydrogens is 562 g/mol. The Morgan fingerprint density at radius 2 is 1.54 bits per heavy atom. The van der Waals surface area contributed by atoms with Gasteiger partial charge in [-0.3, -0.25) is 9.35 Å². The molecule has 10 atom stereocenters. The van der Waals surface area contributed by atoms with E-state index in [1.54, 1.807) is 0 Å². The number of nitrogens with one attached hydrogen (secondary N) is 1. The van der Waals surface area contributed by atoms with Crippen molar-refractivity contribution in [3.05, 3.63) is 0 Å². The Balaban J connectivity index is 2.07. The molecule has 16 heteroatoms. The molecule has 0 unspecified atom stereocenters. The van der Waals surface area contributed by atoms with E-state index < -0.39 is 84.3 Å². The second-order valence-electron chi connectivity index (χ2n) is 9.79. The van der Waals surface area contributed by atoms with Crippen LogP contribution >= 0.6 is 12.6 Å². The fourth-order valence-electron chi connectivity index (χ4n) is 4.57. The van der Waals surface area contributed by atoms with Crippen molar-refractivity contribution in [2.24, 2.45) is 0 Å². The summed E-state index contributed by atoms with van der Waals surface area (Å²) >= 11 is 4.20. The Morgan fingerprint density at radius 1 is 0.923 bits per heavy atom. The second kappa shape index (κ2) is 16.7. The molecule has 2 heterocycles.